The SMILES string of the molecule is CC(C)O.CCC(O)CC.CO. The van der Waals surface area contributed by atoms with Gasteiger partial charge in [-0.25, -0.2) is 0 Å². The highest BCUT2D eigenvalue weighted by atomic mass is 16.3. The molecule has 0 aliphatic rings. The monoisotopic (exact) mass is 180 g/mol. The molecule has 0 aliphatic heterocycles. The van der Waals surface area contributed by atoms with E-state index in [2.05, 4.69) is 0 Å². The molecule has 0 fully saturated rings. The second-order valence-corrected chi connectivity index (χ2v) is 2.56. The lowest BCUT2D eigenvalue weighted by Gasteiger charge is -1.98. The summed E-state index contributed by atoms with van der Waals surface area (Å²) in [6.45, 7) is 7.41. The van der Waals surface area contributed by atoms with E-state index in [4.69, 9.17) is 15.3 Å². The molecule has 78 valence electrons. The molecule has 0 amide bonds. The summed E-state index contributed by atoms with van der Waals surface area (Å²) in [6, 6.07) is 0. The third-order valence-electron chi connectivity index (χ3n) is 0.942. The zero-order valence-electron chi connectivity index (χ0n) is 8.91. The first-order chi connectivity index (χ1) is 5.54. The van der Waals surface area contributed by atoms with Crippen LogP contribution in [0.3, 0.4) is 0 Å². The van der Waals surface area contributed by atoms with E-state index in [1.807, 2.05) is 13.8 Å². The summed E-state index contributed by atoms with van der Waals surface area (Å²) in [5, 5.41) is 23.7. The standard InChI is InChI=1S/C5H12O.C3H8O.CH4O/c1-3-5(6)4-2;1-3(2)4;1-2/h5-6H,3-4H2,1-2H3;3-4H,1-2H3;2H,1H3. The van der Waals surface area contributed by atoms with Gasteiger partial charge in [-0.15, -0.1) is 0 Å². The highest BCUT2D eigenvalue weighted by Crippen LogP contribution is 1.91. The summed E-state index contributed by atoms with van der Waals surface area (Å²) in [4.78, 5) is 0. The first-order valence-corrected chi connectivity index (χ1v) is 4.35. The van der Waals surface area contributed by atoms with Crippen molar-refractivity contribution in [2.24, 2.45) is 0 Å². The van der Waals surface area contributed by atoms with Crippen LogP contribution in [-0.2, 0) is 0 Å². The quantitative estimate of drug-likeness (QED) is 0.597. The van der Waals surface area contributed by atoms with Crippen molar-refractivity contribution in [3.63, 3.8) is 0 Å². The average Bonchev–Trinajstić information content (AvgIpc) is 2.06. The Hall–Kier alpha value is -0.120. The van der Waals surface area contributed by atoms with Gasteiger partial charge < -0.3 is 15.3 Å². The van der Waals surface area contributed by atoms with Crippen LogP contribution in [0.4, 0.5) is 0 Å². The molecule has 0 heterocycles. The van der Waals surface area contributed by atoms with E-state index in [1.54, 1.807) is 13.8 Å². The van der Waals surface area contributed by atoms with Crippen LogP contribution >= 0.6 is 0 Å². The molecule has 0 radical (unpaired) electrons. The first-order valence-electron chi connectivity index (χ1n) is 4.35. The summed E-state index contributed by atoms with van der Waals surface area (Å²) in [7, 11) is 1.00. The predicted octanol–water partition coefficient (Wildman–Crippen LogP) is 1.16. The Bertz CT molecular complexity index is 49.0. The van der Waals surface area contributed by atoms with Crippen molar-refractivity contribution >= 4 is 0 Å². The molecule has 0 bridgehead atoms. The molecule has 0 spiro atoms. The van der Waals surface area contributed by atoms with Crippen molar-refractivity contribution in [3.8, 4) is 0 Å². The zero-order chi connectivity index (χ0) is 10.6. The van der Waals surface area contributed by atoms with Gasteiger partial charge in [0.15, 0.2) is 0 Å². The summed E-state index contributed by atoms with van der Waals surface area (Å²) in [5.74, 6) is 0. The van der Waals surface area contributed by atoms with Crippen LogP contribution in [0.15, 0.2) is 0 Å². The van der Waals surface area contributed by atoms with E-state index in [0.29, 0.717) is 0 Å². The van der Waals surface area contributed by atoms with Crippen molar-refractivity contribution in [3.05, 3.63) is 0 Å². The molecule has 0 aromatic rings. The maximum Gasteiger partial charge on any atom is 0.0535 e. The molecular formula is C9H24O3. The number of hydrogen-bond acceptors (Lipinski definition) is 3. The predicted molar refractivity (Wildman–Crippen MR) is 52.1 cm³/mol. The van der Waals surface area contributed by atoms with Crippen molar-refractivity contribution in [1.82, 2.24) is 0 Å². The summed E-state index contributed by atoms with van der Waals surface area (Å²) in [6.07, 6.45) is 1.54. The third kappa shape index (κ3) is 51.8. The van der Waals surface area contributed by atoms with E-state index in [1.165, 1.54) is 0 Å². The van der Waals surface area contributed by atoms with Gasteiger partial charge in [0.05, 0.1) is 6.10 Å². The van der Waals surface area contributed by atoms with Gasteiger partial charge in [-0.05, 0) is 26.7 Å². The molecule has 0 aliphatic carbocycles. The summed E-state index contributed by atoms with van der Waals surface area (Å²) in [5.41, 5.74) is 0. The molecule has 0 saturated carbocycles. The van der Waals surface area contributed by atoms with E-state index in [-0.39, 0.29) is 12.2 Å². The lowest BCUT2D eigenvalue weighted by Crippen LogP contribution is -1.99. The molecule has 0 atom stereocenters. The molecule has 0 rings (SSSR count). The summed E-state index contributed by atoms with van der Waals surface area (Å²) < 4.78 is 0. The molecule has 3 N–H and O–H groups in total. The highest BCUT2D eigenvalue weighted by Gasteiger charge is 1.90. The van der Waals surface area contributed by atoms with Crippen LogP contribution in [0.25, 0.3) is 0 Å². The van der Waals surface area contributed by atoms with Crippen molar-refractivity contribution in [1.29, 1.82) is 0 Å². The smallest absolute Gasteiger partial charge is 0.0535 e. The number of aliphatic hydroxyl groups excluding tert-OH is 3. The Morgan fingerprint density at radius 3 is 1.08 bits per heavy atom. The van der Waals surface area contributed by atoms with Crippen LogP contribution in [-0.4, -0.2) is 34.6 Å². The van der Waals surface area contributed by atoms with Gasteiger partial charge in [0.1, 0.15) is 0 Å². The molecule has 3 heteroatoms. The fraction of sp³-hybridized carbons (Fsp3) is 1.00. The Balaban J connectivity index is -0.000000118. The van der Waals surface area contributed by atoms with Gasteiger partial charge in [0.2, 0.25) is 0 Å². The lowest BCUT2D eigenvalue weighted by molar-refractivity contribution is 0.166. The minimum Gasteiger partial charge on any atom is -0.400 e. The zero-order valence-corrected chi connectivity index (χ0v) is 8.91. The molecule has 0 aromatic heterocycles. The molecule has 0 unspecified atom stereocenters. The molecular weight excluding hydrogens is 156 g/mol. The Morgan fingerprint density at radius 1 is 0.917 bits per heavy atom. The third-order valence-corrected chi connectivity index (χ3v) is 0.942. The molecule has 0 aromatic carbocycles. The minimum absolute atomic E-state index is 0.0648. The number of hydrogen-bond donors (Lipinski definition) is 3. The van der Waals surface area contributed by atoms with Gasteiger partial charge in [0, 0.05) is 13.2 Å². The van der Waals surface area contributed by atoms with E-state index in [9.17, 15) is 0 Å². The fourth-order valence-corrected chi connectivity index (χ4v) is 0.289. The highest BCUT2D eigenvalue weighted by molar-refractivity contribution is 4.43. The Labute approximate surface area is 76.1 Å². The maximum absolute atomic E-state index is 8.67. The number of aliphatic hydroxyl groups is 3. The van der Waals surface area contributed by atoms with Crippen molar-refractivity contribution < 1.29 is 15.3 Å². The average molecular weight is 180 g/mol. The van der Waals surface area contributed by atoms with Crippen LogP contribution in [0.2, 0.25) is 0 Å². The van der Waals surface area contributed by atoms with Crippen molar-refractivity contribution in [2.45, 2.75) is 52.7 Å². The van der Waals surface area contributed by atoms with Crippen LogP contribution in [0.1, 0.15) is 40.5 Å². The second kappa shape index (κ2) is 17.1. The lowest BCUT2D eigenvalue weighted by atomic mass is 10.2. The van der Waals surface area contributed by atoms with Gasteiger partial charge in [-0.2, -0.15) is 0 Å². The van der Waals surface area contributed by atoms with Gasteiger partial charge in [-0.3, -0.25) is 0 Å². The normalized spacial score (nSPS) is 8.50. The topological polar surface area (TPSA) is 60.7 Å². The molecule has 12 heavy (non-hydrogen) atoms. The Morgan fingerprint density at radius 2 is 1.08 bits per heavy atom. The van der Waals surface area contributed by atoms with Gasteiger partial charge in [0.25, 0.3) is 0 Å². The number of rotatable bonds is 2. The van der Waals surface area contributed by atoms with Crippen LogP contribution in [0, 0.1) is 0 Å². The van der Waals surface area contributed by atoms with E-state index >= 15 is 0 Å². The van der Waals surface area contributed by atoms with E-state index in [0.717, 1.165) is 20.0 Å². The second-order valence-electron chi connectivity index (χ2n) is 2.56. The largest absolute Gasteiger partial charge is 0.400 e. The van der Waals surface area contributed by atoms with E-state index < -0.39 is 0 Å². The van der Waals surface area contributed by atoms with Crippen LogP contribution < -0.4 is 0 Å². The fourth-order valence-electron chi connectivity index (χ4n) is 0.289. The molecule has 3 nitrogen and oxygen atoms in total. The Kier molecular flexibility index (Phi) is 25.4. The minimum atomic E-state index is -0.167. The summed E-state index contributed by atoms with van der Waals surface area (Å²) >= 11 is 0. The van der Waals surface area contributed by atoms with Gasteiger partial charge >= 0.3 is 0 Å². The van der Waals surface area contributed by atoms with Crippen LogP contribution in [0.5, 0.6) is 0 Å². The molecule has 0 saturated heterocycles. The first kappa shape index (κ1) is 17.8. The van der Waals surface area contributed by atoms with Crippen molar-refractivity contribution in [2.75, 3.05) is 7.11 Å². The van der Waals surface area contributed by atoms with Gasteiger partial charge in [-0.1, -0.05) is 13.8 Å². The maximum atomic E-state index is 8.67.